The van der Waals surface area contributed by atoms with Crippen LogP contribution in [-0.4, -0.2) is 69.1 Å². The summed E-state index contributed by atoms with van der Waals surface area (Å²) in [5, 5.41) is 17.5. The Bertz CT molecular complexity index is 1090. The third kappa shape index (κ3) is 10.4. The Morgan fingerprint density at radius 1 is 1.08 bits per heavy atom. The van der Waals surface area contributed by atoms with Crippen LogP contribution in [0.5, 0.6) is 0 Å². The van der Waals surface area contributed by atoms with Gasteiger partial charge in [0.1, 0.15) is 0 Å². The van der Waals surface area contributed by atoms with Crippen molar-refractivity contribution in [3.63, 3.8) is 0 Å². The van der Waals surface area contributed by atoms with E-state index in [1.165, 1.54) is 31.5 Å². The zero-order valence-electron chi connectivity index (χ0n) is 21.2. The molecule has 39 heavy (non-hydrogen) atoms. The monoisotopic (exact) mass is 585 g/mol. The number of rotatable bonds is 6. The molecule has 15 heteroatoms. The number of aliphatic carboxylic acids is 2. The van der Waals surface area contributed by atoms with Crippen LogP contribution in [0.1, 0.15) is 41.4 Å². The highest BCUT2D eigenvalue weighted by Gasteiger charge is 2.49. The van der Waals surface area contributed by atoms with Crippen LogP contribution in [0.4, 0.5) is 26.3 Å². The van der Waals surface area contributed by atoms with Crippen LogP contribution >= 0.6 is 11.3 Å². The number of halogens is 6. The van der Waals surface area contributed by atoms with E-state index in [-0.39, 0.29) is 0 Å². The summed E-state index contributed by atoms with van der Waals surface area (Å²) in [7, 11) is 0. The number of hydrogen-bond donors (Lipinski definition) is 2. The zero-order valence-corrected chi connectivity index (χ0v) is 22.0. The van der Waals surface area contributed by atoms with Crippen molar-refractivity contribution >= 4 is 23.3 Å². The van der Waals surface area contributed by atoms with Crippen LogP contribution in [0.25, 0.3) is 0 Å². The maximum atomic E-state index is 10.6. The second-order valence-electron chi connectivity index (χ2n) is 9.35. The average Bonchev–Trinajstić information content (AvgIpc) is 3.47. The Hall–Kier alpha value is -2.78. The topological polar surface area (TPSA) is 113 Å². The first-order valence-corrected chi connectivity index (χ1v) is 12.6. The number of carboxylic acid groups (broad SMARTS) is 2. The quantitative estimate of drug-likeness (QED) is 0.443. The lowest BCUT2D eigenvalue weighted by molar-refractivity contribution is -0.193. The highest BCUT2D eigenvalue weighted by molar-refractivity contribution is 7.09. The molecule has 218 valence electrons. The van der Waals surface area contributed by atoms with Gasteiger partial charge in [-0.3, -0.25) is 9.88 Å². The van der Waals surface area contributed by atoms with Crippen molar-refractivity contribution in [2.45, 2.75) is 58.6 Å². The third-order valence-corrected chi connectivity index (χ3v) is 7.06. The number of aryl methyl sites for hydroxylation is 2. The van der Waals surface area contributed by atoms with E-state index in [2.05, 4.69) is 45.4 Å². The summed E-state index contributed by atoms with van der Waals surface area (Å²) >= 11 is 1.70. The lowest BCUT2D eigenvalue weighted by atomic mass is 9.81. The van der Waals surface area contributed by atoms with Crippen molar-refractivity contribution in [3.05, 3.63) is 45.7 Å². The van der Waals surface area contributed by atoms with Gasteiger partial charge >= 0.3 is 24.3 Å². The molecule has 1 saturated heterocycles. The van der Waals surface area contributed by atoms with Gasteiger partial charge in [-0.15, -0.1) is 11.3 Å². The summed E-state index contributed by atoms with van der Waals surface area (Å²) in [6.07, 6.45) is -6.18. The summed E-state index contributed by atoms with van der Waals surface area (Å²) in [6.45, 7) is 8.93. The summed E-state index contributed by atoms with van der Waals surface area (Å²) < 4.78 is 69.6. The minimum atomic E-state index is -5.08. The van der Waals surface area contributed by atoms with E-state index in [0.717, 1.165) is 42.0 Å². The predicted octanol–water partition coefficient (Wildman–Crippen LogP) is 5.24. The molecule has 0 unspecified atom stereocenters. The molecular formula is C24H29F6N3O5S. The number of carbonyl (C=O) groups is 2. The maximum Gasteiger partial charge on any atom is 0.490 e. The lowest BCUT2D eigenvalue weighted by Gasteiger charge is -2.28. The Morgan fingerprint density at radius 3 is 2.21 bits per heavy atom. The highest BCUT2D eigenvalue weighted by atomic mass is 32.1. The fourth-order valence-electron chi connectivity index (χ4n) is 4.63. The Morgan fingerprint density at radius 2 is 1.69 bits per heavy atom. The van der Waals surface area contributed by atoms with Gasteiger partial charge in [0.15, 0.2) is 0 Å². The molecule has 1 aliphatic heterocycles. The van der Waals surface area contributed by atoms with Crippen molar-refractivity contribution in [1.82, 2.24) is 14.9 Å². The molecule has 2 aliphatic rings. The molecule has 2 N–H and O–H groups in total. The average molecular weight is 586 g/mol. The van der Waals surface area contributed by atoms with Crippen molar-refractivity contribution < 1.29 is 50.9 Å². The molecule has 1 aliphatic carbocycles. The number of alkyl halides is 6. The number of thiazole rings is 1. The molecule has 2 aromatic heterocycles. The predicted molar refractivity (Wildman–Crippen MR) is 128 cm³/mol. The largest absolute Gasteiger partial charge is 0.490 e. The Balaban J connectivity index is 0.000000317. The molecule has 0 spiro atoms. The Labute approximate surface area is 224 Å². The van der Waals surface area contributed by atoms with Crippen LogP contribution in [0.15, 0.2) is 23.6 Å². The minimum Gasteiger partial charge on any atom is -0.475 e. The van der Waals surface area contributed by atoms with Gasteiger partial charge in [0.05, 0.1) is 29.6 Å². The first-order valence-electron chi connectivity index (χ1n) is 11.8. The van der Waals surface area contributed by atoms with Crippen molar-refractivity contribution in [3.8, 4) is 0 Å². The summed E-state index contributed by atoms with van der Waals surface area (Å²) in [4.78, 5) is 29.6. The SMILES string of the molecule is Cc1cccc(CN2C[C@H]3CCC[C@@]3(COCc3csc(C)n3)C2)n1.O=C(O)C(F)(F)F.O=C(O)C(F)(F)F. The van der Waals surface area contributed by atoms with Gasteiger partial charge in [-0.05, 0) is 44.7 Å². The first kappa shape index (κ1) is 32.4. The van der Waals surface area contributed by atoms with Crippen LogP contribution in [0.2, 0.25) is 0 Å². The normalized spacial score (nSPS) is 20.9. The number of aromatic nitrogens is 2. The van der Waals surface area contributed by atoms with Gasteiger partial charge in [0.25, 0.3) is 0 Å². The van der Waals surface area contributed by atoms with Gasteiger partial charge in [-0.2, -0.15) is 26.3 Å². The fourth-order valence-corrected chi connectivity index (χ4v) is 5.23. The molecule has 2 aromatic rings. The Kier molecular flexibility index (Phi) is 11.2. The molecule has 8 nitrogen and oxygen atoms in total. The summed E-state index contributed by atoms with van der Waals surface area (Å²) in [5.74, 6) is -4.74. The number of pyridine rings is 1. The van der Waals surface area contributed by atoms with E-state index in [1.807, 2.05) is 6.92 Å². The number of nitrogens with zero attached hydrogens (tertiary/aromatic N) is 3. The molecule has 0 bridgehead atoms. The van der Waals surface area contributed by atoms with Crippen molar-refractivity contribution in [2.24, 2.45) is 11.3 Å². The summed E-state index contributed by atoms with van der Waals surface area (Å²) in [5.41, 5.74) is 3.71. The molecule has 0 radical (unpaired) electrons. The van der Waals surface area contributed by atoms with Crippen LogP contribution < -0.4 is 0 Å². The van der Waals surface area contributed by atoms with E-state index >= 15 is 0 Å². The number of hydrogen-bond acceptors (Lipinski definition) is 7. The molecule has 2 fully saturated rings. The third-order valence-electron chi connectivity index (χ3n) is 6.23. The zero-order chi connectivity index (χ0) is 29.4. The standard InChI is InChI=1S/C20H27N3OS.2C2HF3O2/c1-15-5-3-7-18(21-15)10-23-9-17-6-4-8-20(17,13-23)14-24-11-19-12-25-16(2)22-19;2*3-2(4,5)1(6)7/h3,5,7,12,17H,4,6,8-11,13-14H2,1-2H3;2*(H,6,7)/t17-,20+;;/m1../s1. The maximum absolute atomic E-state index is 10.6. The number of ether oxygens (including phenoxy) is 1. The minimum absolute atomic E-state index is 0.342. The van der Waals surface area contributed by atoms with Gasteiger partial charge < -0.3 is 14.9 Å². The van der Waals surface area contributed by atoms with Gasteiger partial charge in [-0.25, -0.2) is 14.6 Å². The van der Waals surface area contributed by atoms with E-state index in [1.54, 1.807) is 11.3 Å². The second-order valence-corrected chi connectivity index (χ2v) is 10.4. The van der Waals surface area contributed by atoms with Gasteiger partial charge in [0, 0.05) is 36.1 Å². The number of fused-ring (bicyclic) bond motifs is 1. The molecule has 0 aromatic carbocycles. The van der Waals surface area contributed by atoms with Crippen LogP contribution in [0, 0.1) is 25.2 Å². The molecular weight excluding hydrogens is 556 g/mol. The van der Waals surface area contributed by atoms with Crippen LogP contribution in [0.3, 0.4) is 0 Å². The van der Waals surface area contributed by atoms with Crippen LogP contribution in [-0.2, 0) is 27.5 Å². The highest BCUT2D eigenvalue weighted by Crippen LogP contribution is 2.49. The molecule has 4 rings (SSSR count). The second kappa shape index (κ2) is 13.5. The summed E-state index contributed by atoms with van der Waals surface area (Å²) in [6, 6.07) is 6.33. The van der Waals surface area contributed by atoms with Crippen molar-refractivity contribution in [2.75, 3.05) is 19.7 Å². The first-order chi connectivity index (χ1) is 18.0. The number of likely N-dealkylation sites (tertiary alicyclic amines) is 1. The number of carboxylic acids is 2. The molecule has 3 heterocycles. The molecule has 1 saturated carbocycles. The van der Waals surface area contributed by atoms with Gasteiger partial charge in [0.2, 0.25) is 0 Å². The van der Waals surface area contributed by atoms with E-state index in [9.17, 15) is 26.3 Å². The van der Waals surface area contributed by atoms with Gasteiger partial charge in [-0.1, -0.05) is 12.5 Å². The molecule has 2 atom stereocenters. The van der Waals surface area contributed by atoms with E-state index < -0.39 is 24.3 Å². The van der Waals surface area contributed by atoms with Crippen molar-refractivity contribution in [1.29, 1.82) is 0 Å². The smallest absolute Gasteiger partial charge is 0.475 e. The molecule has 0 amide bonds. The fraction of sp³-hybridized carbons (Fsp3) is 0.583. The van der Waals surface area contributed by atoms with E-state index in [4.69, 9.17) is 24.5 Å². The van der Waals surface area contributed by atoms with E-state index in [0.29, 0.717) is 12.0 Å². The lowest BCUT2D eigenvalue weighted by Crippen LogP contribution is -2.32.